The number of pyridine rings is 1. The van der Waals surface area contributed by atoms with E-state index in [9.17, 15) is 4.79 Å². The van der Waals surface area contributed by atoms with Crippen LogP contribution in [0.1, 0.15) is 21.6 Å². The second-order valence-corrected chi connectivity index (χ2v) is 6.18. The number of carbonyl (C=O) groups excluding carboxylic acids is 1. The van der Waals surface area contributed by atoms with Gasteiger partial charge in [-0.25, -0.2) is 9.67 Å². The maximum absolute atomic E-state index is 12.6. The summed E-state index contributed by atoms with van der Waals surface area (Å²) in [5.74, 6) is 0.735. The molecule has 7 heteroatoms. The average molecular weight is 355 g/mol. The Kier molecular flexibility index (Phi) is 3.89. The summed E-state index contributed by atoms with van der Waals surface area (Å²) in [5, 5.41) is 4.83. The fraction of sp³-hybridized carbons (Fsp3) is 0.167. The summed E-state index contributed by atoms with van der Waals surface area (Å²) in [7, 11) is 1.63. The van der Waals surface area contributed by atoms with Crippen molar-refractivity contribution in [3.8, 4) is 11.4 Å². The van der Waals surface area contributed by atoms with Crippen LogP contribution in [0.4, 0.5) is 0 Å². The zero-order valence-corrected chi connectivity index (χ0v) is 14.3. The summed E-state index contributed by atoms with van der Waals surface area (Å²) in [4.78, 5) is 18.4. The maximum atomic E-state index is 12.6. The van der Waals surface area contributed by atoms with Crippen LogP contribution in [-0.4, -0.2) is 32.7 Å². The van der Waals surface area contributed by atoms with E-state index in [1.165, 1.54) is 0 Å². The van der Waals surface area contributed by atoms with Gasteiger partial charge in [0.25, 0.3) is 5.91 Å². The molecule has 0 N–H and O–H groups in total. The highest BCUT2D eigenvalue weighted by Crippen LogP contribution is 2.25. The van der Waals surface area contributed by atoms with Crippen LogP contribution >= 0.6 is 11.6 Å². The SMILES string of the molecule is COc1ccc(CN2Cc3cn(-c4ccc(Cl)nc4)nc3C2=O)cc1. The number of rotatable bonds is 4. The van der Waals surface area contributed by atoms with Crippen LogP contribution in [-0.2, 0) is 13.1 Å². The minimum Gasteiger partial charge on any atom is -0.497 e. The van der Waals surface area contributed by atoms with Gasteiger partial charge in [-0.2, -0.15) is 5.10 Å². The third kappa shape index (κ3) is 2.96. The first kappa shape index (κ1) is 15.7. The molecule has 3 aromatic rings. The van der Waals surface area contributed by atoms with E-state index >= 15 is 0 Å². The van der Waals surface area contributed by atoms with Crippen molar-refractivity contribution in [2.45, 2.75) is 13.1 Å². The van der Waals surface area contributed by atoms with E-state index in [4.69, 9.17) is 16.3 Å². The summed E-state index contributed by atoms with van der Waals surface area (Å²) in [5.41, 5.74) is 3.22. The summed E-state index contributed by atoms with van der Waals surface area (Å²) in [6.45, 7) is 1.09. The van der Waals surface area contributed by atoms with E-state index < -0.39 is 0 Å². The number of carbonyl (C=O) groups is 1. The largest absolute Gasteiger partial charge is 0.497 e. The van der Waals surface area contributed by atoms with Gasteiger partial charge in [0, 0.05) is 18.3 Å². The van der Waals surface area contributed by atoms with Crippen molar-refractivity contribution >= 4 is 17.5 Å². The standard InChI is InChI=1S/C18H15ClN4O2/c1-25-15-5-2-12(3-6-15)9-22-10-13-11-23(21-17(13)18(22)24)14-4-7-16(19)20-8-14/h2-8,11H,9-10H2,1H3. The molecule has 0 radical (unpaired) electrons. The Hall–Kier alpha value is -2.86. The van der Waals surface area contributed by atoms with Gasteiger partial charge in [-0.15, -0.1) is 0 Å². The van der Waals surface area contributed by atoms with Gasteiger partial charge < -0.3 is 9.64 Å². The van der Waals surface area contributed by atoms with Crippen molar-refractivity contribution in [2.24, 2.45) is 0 Å². The third-order valence-electron chi connectivity index (χ3n) is 4.15. The molecule has 0 aliphatic carbocycles. The normalized spacial score (nSPS) is 13.2. The molecule has 2 aromatic heterocycles. The molecule has 6 nitrogen and oxygen atoms in total. The molecule has 25 heavy (non-hydrogen) atoms. The van der Waals surface area contributed by atoms with Gasteiger partial charge in [-0.1, -0.05) is 23.7 Å². The predicted molar refractivity (Wildman–Crippen MR) is 92.9 cm³/mol. The van der Waals surface area contributed by atoms with Crippen LogP contribution in [0.2, 0.25) is 5.15 Å². The molecule has 0 atom stereocenters. The van der Waals surface area contributed by atoms with E-state index in [1.807, 2.05) is 36.5 Å². The summed E-state index contributed by atoms with van der Waals surface area (Å²) in [6, 6.07) is 11.2. The second-order valence-electron chi connectivity index (χ2n) is 5.80. The molecule has 0 unspecified atom stereocenters. The highest BCUT2D eigenvalue weighted by molar-refractivity contribution is 6.29. The van der Waals surface area contributed by atoms with Gasteiger partial charge in [0.1, 0.15) is 10.9 Å². The molecule has 0 saturated heterocycles. The predicted octanol–water partition coefficient (Wildman–Crippen LogP) is 3.09. The Morgan fingerprint density at radius 1 is 1.20 bits per heavy atom. The first-order valence-electron chi connectivity index (χ1n) is 7.77. The smallest absolute Gasteiger partial charge is 0.275 e. The zero-order valence-electron chi connectivity index (χ0n) is 13.5. The van der Waals surface area contributed by atoms with Gasteiger partial charge in [0.2, 0.25) is 0 Å². The Labute approximate surface area is 149 Å². The minimum atomic E-state index is -0.0634. The number of benzene rings is 1. The highest BCUT2D eigenvalue weighted by Gasteiger charge is 2.31. The average Bonchev–Trinajstić information content (AvgIpc) is 3.16. The van der Waals surface area contributed by atoms with Crippen molar-refractivity contribution in [1.82, 2.24) is 19.7 Å². The minimum absolute atomic E-state index is 0.0634. The number of amides is 1. The van der Waals surface area contributed by atoms with E-state index in [1.54, 1.807) is 29.0 Å². The molecule has 126 valence electrons. The maximum Gasteiger partial charge on any atom is 0.275 e. The van der Waals surface area contributed by atoms with Crippen LogP contribution in [0.25, 0.3) is 5.69 Å². The monoisotopic (exact) mass is 354 g/mol. The first-order chi connectivity index (χ1) is 12.1. The second kappa shape index (κ2) is 6.22. The zero-order chi connectivity index (χ0) is 17.4. The topological polar surface area (TPSA) is 60.2 Å². The fourth-order valence-electron chi connectivity index (χ4n) is 2.85. The molecule has 1 aliphatic rings. The first-order valence-corrected chi connectivity index (χ1v) is 8.14. The molecule has 0 saturated carbocycles. The number of aromatic nitrogens is 3. The number of hydrogen-bond acceptors (Lipinski definition) is 4. The molecular formula is C18H15ClN4O2. The Morgan fingerprint density at radius 3 is 2.64 bits per heavy atom. The van der Waals surface area contributed by atoms with E-state index in [-0.39, 0.29) is 5.91 Å². The number of fused-ring (bicyclic) bond motifs is 1. The molecule has 1 aliphatic heterocycles. The molecule has 1 amide bonds. The van der Waals surface area contributed by atoms with Crippen molar-refractivity contribution in [3.63, 3.8) is 0 Å². The highest BCUT2D eigenvalue weighted by atomic mass is 35.5. The van der Waals surface area contributed by atoms with Crippen molar-refractivity contribution in [1.29, 1.82) is 0 Å². The molecule has 4 rings (SSSR count). The Morgan fingerprint density at radius 2 is 2.00 bits per heavy atom. The lowest BCUT2D eigenvalue weighted by Crippen LogP contribution is -2.24. The Bertz CT molecular complexity index is 919. The van der Waals surface area contributed by atoms with Crippen LogP contribution in [0, 0.1) is 0 Å². The van der Waals surface area contributed by atoms with Gasteiger partial charge in [-0.05, 0) is 29.8 Å². The summed E-state index contributed by atoms with van der Waals surface area (Å²) in [6.07, 6.45) is 3.50. The van der Waals surface area contributed by atoms with Gasteiger partial charge in [-0.3, -0.25) is 4.79 Å². The van der Waals surface area contributed by atoms with Crippen molar-refractivity contribution in [2.75, 3.05) is 7.11 Å². The van der Waals surface area contributed by atoms with E-state index in [2.05, 4.69) is 10.1 Å². The molecular weight excluding hydrogens is 340 g/mol. The lowest BCUT2D eigenvalue weighted by molar-refractivity contribution is 0.0760. The third-order valence-corrected chi connectivity index (χ3v) is 4.37. The number of methoxy groups -OCH3 is 1. The van der Waals surface area contributed by atoms with E-state index in [0.29, 0.717) is 23.9 Å². The quantitative estimate of drug-likeness (QED) is 0.675. The number of halogens is 1. The summed E-state index contributed by atoms with van der Waals surface area (Å²) >= 11 is 5.80. The van der Waals surface area contributed by atoms with Crippen LogP contribution in [0.3, 0.4) is 0 Å². The van der Waals surface area contributed by atoms with Crippen molar-refractivity contribution in [3.05, 3.63) is 70.8 Å². The fourth-order valence-corrected chi connectivity index (χ4v) is 2.96. The van der Waals surface area contributed by atoms with Crippen LogP contribution in [0.5, 0.6) is 5.75 Å². The summed E-state index contributed by atoms with van der Waals surface area (Å²) < 4.78 is 6.82. The Balaban J connectivity index is 1.52. The molecule has 1 aromatic carbocycles. The van der Waals surface area contributed by atoms with Crippen LogP contribution in [0.15, 0.2) is 48.8 Å². The van der Waals surface area contributed by atoms with Crippen molar-refractivity contribution < 1.29 is 9.53 Å². The molecule has 0 spiro atoms. The number of nitrogens with zero attached hydrogens (tertiary/aromatic N) is 4. The van der Waals surface area contributed by atoms with E-state index in [0.717, 1.165) is 22.6 Å². The van der Waals surface area contributed by atoms with Gasteiger partial charge in [0.05, 0.1) is 25.5 Å². The van der Waals surface area contributed by atoms with Crippen LogP contribution < -0.4 is 4.74 Å². The van der Waals surface area contributed by atoms with Gasteiger partial charge >= 0.3 is 0 Å². The molecule has 0 bridgehead atoms. The molecule has 0 fully saturated rings. The number of hydrogen-bond donors (Lipinski definition) is 0. The lowest BCUT2D eigenvalue weighted by atomic mass is 10.2. The number of ether oxygens (including phenoxy) is 1. The molecule has 3 heterocycles. The lowest BCUT2D eigenvalue weighted by Gasteiger charge is -2.16. The van der Waals surface area contributed by atoms with Gasteiger partial charge in [0.15, 0.2) is 5.69 Å².